The third-order valence-electron chi connectivity index (χ3n) is 2.70. The van der Waals surface area contributed by atoms with Crippen LogP contribution in [0.2, 0.25) is 10.0 Å². The van der Waals surface area contributed by atoms with Gasteiger partial charge in [0, 0.05) is 21.3 Å². The Morgan fingerprint density at radius 2 is 1.76 bits per heavy atom. The van der Waals surface area contributed by atoms with Crippen molar-refractivity contribution in [2.24, 2.45) is 0 Å². The van der Waals surface area contributed by atoms with Gasteiger partial charge in [-0.25, -0.2) is 0 Å². The summed E-state index contributed by atoms with van der Waals surface area (Å²) in [6.45, 7) is -0.133. The first-order valence-electron chi connectivity index (χ1n) is 5.81. The van der Waals surface area contributed by atoms with E-state index in [0.29, 0.717) is 15.6 Å². The number of rotatable bonds is 3. The molecule has 2 aromatic rings. The molecular weight excluding hydrogens is 326 g/mol. The van der Waals surface area contributed by atoms with Gasteiger partial charge in [-0.2, -0.15) is 13.2 Å². The summed E-state index contributed by atoms with van der Waals surface area (Å²) in [6.07, 6.45) is -4.55. The highest BCUT2D eigenvalue weighted by molar-refractivity contribution is 6.33. The molecule has 0 aliphatic rings. The number of nitrogens with two attached hydrogens (primary N) is 1. The lowest BCUT2D eigenvalue weighted by Crippen LogP contribution is -2.09. The van der Waals surface area contributed by atoms with E-state index in [1.165, 1.54) is 18.2 Å². The summed E-state index contributed by atoms with van der Waals surface area (Å²) in [5, 5.41) is 0.787. The minimum atomic E-state index is -4.55. The summed E-state index contributed by atoms with van der Waals surface area (Å²) in [5.41, 5.74) is 4.96. The van der Waals surface area contributed by atoms with Crippen LogP contribution in [-0.2, 0) is 12.8 Å². The van der Waals surface area contributed by atoms with Gasteiger partial charge in [-0.15, -0.1) is 0 Å². The number of halogens is 5. The van der Waals surface area contributed by atoms with E-state index in [-0.39, 0.29) is 18.0 Å². The predicted molar refractivity (Wildman–Crippen MR) is 76.7 cm³/mol. The molecule has 2 aromatic carbocycles. The van der Waals surface area contributed by atoms with Crippen molar-refractivity contribution in [3.8, 4) is 5.75 Å². The molecule has 0 aliphatic carbocycles. The van der Waals surface area contributed by atoms with Gasteiger partial charge >= 0.3 is 6.18 Å². The van der Waals surface area contributed by atoms with Crippen LogP contribution in [0.3, 0.4) is 0 Å². The monoisotopic (exact) mass is 335 g/mol. The molecule has 2 rings (SSSR count). The maximum Gasteiger partial charge on any atom is 0.420 e. The average Bonchev–Trinajstić information content (AvgIpc) is 2.40. The van der Waals surface area contributed by atoms with Crippen molar-refractivity contribution in [3.05, 3.63) is 57.6 Å². The third-order valence-corrected chi connectivity index (χ3v) is 3.30. The number of ether oxygens (including phenoxy) is 1. The maximum atomic E-state index is 12.9. The Kier molecular flexibility index (Phi) is 4.54. The molecule has 0 amide bonds. The van der Waals surface area contributed by atoms with Crippen LogP contribution in [-0.4, -0.2) is 0 Å². The van der Waals surface area contributed by atoms with Crippen molar-refractivity contribution in [1.29, 1.82) is 0 Å². The van der Waals surface area contributed by atoms with E-state index in [4.69, 9.17) is 33.7 Å². The molecule has 21 heavy (non-hydrogen) atoms. The zero-order chi connectivity index (χ0) is 15.6. The fourth-order valence-corrected chi connectivity index (χ4v) is 2.07. The van der Waals surface area contributed by atoms with Gasteiger partial charge in [-0.1, -0.05) is 23.2 Å². The molecule has 0 unspecified atom stereocenters. The third kappa shape index (κ3) is 3.95. The van der Waals surface area contributed by atoms with Gasteiger partial charge in [-0.3, -0.25) is 0 Å². The summed E-state index contributed by atoms with van der Waals surface area (Å²) in [7, 11) is 0. The molecule has 2 nitrogen and oxygen atoms in total. The second kappa shape index (κ2) is 6.03. The van der Waals surface area contributed by atoms with Gasteiger partial charge < -0.3 is 10.5 Å². The molecule has 7 heteroatoms. The van der Waals surface area contributed by atoms with Crippen LogP contribution >= 0.6 is 23.2 Å². The van der Waals surface area contributed by atoms with Crippen LogP contribution < -0.4 is 10.5 Å². The van der Waals surface area contributed by atoms with Crippen molar-refractivity contribution in [2.45, 2.75) is 12.8 Å². The van der Waals surface area contributed by atoms with E-state index in [1.54, 1.807) is 12.1 Å². The number of benzene rings is 2. The lowest BCUT2D eigenvalue weighted by molar-refractivity contribution is -0.139. The number of anilines is 1. The Morgan fingerprint density at radius 3 is 2.43 bits per heavy atom. The van der Waals surface area contributed by atoms with Gasteiger partial charge in [0.15, 0.2) is 0 Å². The van der Waals surface area contributed by atoms with Crippen LogP contribution in [0, 0.1) is 0 Å². The highest BCUT2D eigenvalue weighted by Crippen LogP contribution is 2.38. The van der Waals surface area contributed by atoms with Crippen LogP contribution in [0.15, 0.2) is 36.4 Å². The van der Waals surface area contributed by atoms with Gasteiger partial charge in [0.2, 0.25) is 0 Å². The van der Waals surface area contributed by atoms with E-state index in [9.17, 15) is 13.2 Å². The molecule has 112 valence electrons. The van der Waals surface area contributed by atoms with Gasteiger partial charge in [0.05, 0.1) is 5.56 Å². The lowest BCUT2D eigenvalue weighted by atomic mass is 10.1. The average molecular weight is 336 g/mol. The SMILES string of the molecule is Nc1ccc(OCc2cc(Cl)ccc2Cl)c(C(F)(F)F)c1. The van der Waals surface area contributed by atoms with E-state index < -0.39 is 11.7 Å². The van der Waals surface area contributed by atoms with E-state index in [0.717, 1.165) is 6.07 Å². The quantitative estimate of drug-likeness (QED) is 0.785. The Balaban J connectivity index is 2.26. The van der Waals surface area contributed by atoms with Gasteiger partial charge in [0.25, 0.3) is 0 Å². The summed E-state index contributed by atoms with van der Waals surface area (Å²) >= 11 is 11.7. The van der Waals surface area contributed by atoms with Gasteiger partial charge in [-0.05, 0) is 36.4 Å². The minimum absolute atomic E-state index is 0.00969. The lowest BCUT2D eigenvalue weighted by Gasteiger charge is -2.15. The number of alkyl halides is 3. The fraction of sp³-hybridized carbons (Fsp3) is 0.143. The maximum absolute atomic E-state index is 12.9. The second-order valence-corrected chi connectivity index (χ2v) is 5.12. The number of nitrogen functional groups attached to an aromatic ring is 1. The fourth-order valence-electron chi connectivity index (χ4n) is 1.70. The van der Waals surface area contributed by atoms with Crippen LogP contribution in [0.25, 0.3) is 0 Å². The van der Waals surface area contributed by atoms with Crippen molar-refractivity contribution < 1.29 is 17.9 Å². The summed E-state index contributed by atoms with van der Waals surface area (Å²) < 4.78 is 44.0. The zero-order valence-electron chi connectivity index (χ0n) is 10.5. The topological polar surface area (TPSA) is 35.2 Å². The first kappa shape index (κ1) is 15.8. The van der Waals surface area contributed by atoms with E-state index in [2.05, 4.69) is 0 Å². The molecule has 0 radical (unpaired) electrons. The molecule has 0 aliphatic heterocycles. The van der Waals surface area contributed by atoms with Crippen LogP contribution in [0.4, 0.5) is 18.9 Å². The largest absolute Gasteiger partial charge is 0.488 e. The van der Waals surface area contributed by atoms with E-state index >= 15 is 0 Å². The summed E-state index contributed by atoms with van der Waals surface area (Å²) in [6, 6.07) is 8.01. The van der Waals surface area contributed by atoms with Gasteiger partial charge in [0.1, 0.15) is 12.4 Å². The molecule has 0 aromatic heterocycles. The molecular formula is C14H10Cl2F3NO. The second-order valence-electron chi connectivity index (χ2n) is 4.28. The number of hydrogen-bond acceptors (Lipinski definition) is 2. The summed E-state index contributed by atoms with van der Waals surface area (Å²) in [5.74, 6) is -0.312. The Labute approximate surface area is 129 Å². The molecule has 0 atom stereocenters. The standard InChI is InChI=1S/C14H10Cl2F3NO/c15-9-1-3-12(16)8(5-9)7-21-13-4-2-10(20)6-11(13)14(17,18)19/h1-6H,7,20H2. The van der Waals surface area contributed by atoms with Crippen molar-refractivity contribution in [3.63, 3.8) is 0 Å². The normalized spacial score (nSPS) is 11.5. The van der Waals surface area contributed by atoms with Crippen molar-refractivity contribution in [2.75, 3.05) is 5.73 Å². The smallest absolute Gasteiger partial charge is 0.420 e. The molecule has 0 saturated carbocycles. The molecule has 0 saturated heterocycles. The Morgan fingerprint density at radius 1 is 1.05 bits per heavy atom. The molecule has 2 N–H and O–H groups in total. The highest BCUT2D eigenvalue weighted by atomic mass is 35.5. The minimum Gasteiger partial charge on any atom is -0.488 e. The Hall–Kier alpha value is -1.59. The first-order chi connectivity index (χ1) is 9.77. The van der Waals surface area contributed by atoms with Crippen LogP contribution in [0.1, 0.15) is 11.1 Å². The van der Waals surface area contributed by atoms with E-state index in [1.807, 2.05) is 0 Å². The van der Waals surface area contributed by atoms with Crippen molar-refractivity contribution in [1.82, 2.24) is 0 Å². The molecule has 0 fully saturated rings. The van der Waals surface area contributed by atoms with Crippen molar-refractivity contribution >= 4 is 28.9 Å². The van der Waals surface area contributed by atoms with Crippen LogP contribution in [0.5, 0.6) is 5.75 Å². The number of hydrogen-bond donors (Lipinski definition) is 1. The summed E-state index contributed by atoms with van der Waals surface area (Å²) in [4.78, 5) is 0. The molecule has 0 spiro atoms. The highest BCUT2D eigenvalue weighted by Gasteiger charge is 2.34. The Bertz CT molecular complexity index is 659. The molecule has 0 heterocycles. The zero-order valence-corrected chi connectivity index (χ0v) is 12.1. The predicted octanol–water partition coefficient (Wildman–Crippen LogP) is 5.17. The molecule has 0 bridgehead atoms. The first-order valence-corrected chi connectivity index (χ1v) is 6.56.